The van der Waals surface area contributed by atoms with Crippen LogP contribution in [-0.4, -0.2) is 57.1 Å². The second kappa shape index (κ2) is 6.16. The number of aryl methyl sites for hydroxylation is 1. The lowest BCUT2D eigenvalue weighted by molar-refractivity contribution is -0.142. The maximum Gasteiger partial charge on any atom is 0.246 e. The number of fused-ring (bicyclic) bond motifs is 1. The van der Waals surface area contributed by atoms with Crippen molar-refractivity contribution in [3.63, 3.8) is 0 Å². The Morgan fingerprint density at radius 3 is 2.60 bits per heavy atom. The van der Waals surface area contributed by atoms with E-state index in [1.54, 1.807) is 24.0 Å². The molecule has 5 atom stereocenters. The number of ether oxygens (including phenoxy) is 1. The maximum absolute atomic E-state index is 13.5. The molecule has 1 aromatic rings. The fraction of sp³-hybridized carbons (Fsp3) is 0.619. The van der Waals surface area contributed by atoms with Crippen molar-refractivity contribution < 1.29 is 23.6 Å². The van der Waals surface area contributed by atoms with Crippen molar-refractivity contribution in [2.24, 2.45) is 11.8 Å². The van der Waals surface area contributed by atoms with Crippen LogP contribution in [0, 0.1) is 18.8 Å². The number of rotatable bonds is 4. The number of aromatic nitrogens is 1. The summed E-state index contributed by atoms with van der Waals surface area (Å²) in [4.78, 5) is 41.6. The first-order chi connectivity index (χ1) is 14.1. The summed E-state index contributed by atoms with van der Waals surface area (Å²) in [6, 6.07) is 0.852. The molecular weight excluding hydrogens is 388 g/mol. The number of nitrogens with zero attached hydrogens (tertiary/aromatic N) is 2. The fourth-order valence-corrected chi connectivity index (χ4v) is 5.03. The van der Waals surface area contributed by atoms with Crippen LogP contribution in [-0.2, 0) is 19.1 Å². The number of hydrogen-bond acceptors (Lipinski definition) is 6. The number of nitrogens with one attached hydrogen (secondary N) is 2. The van der Waals surface area contributed by atoms with Crippen molar-refractivity contribution in [2.75, 3.05) is 5.32 Å². The van der Waals surface area contributed by atoms with Gasteiger partial charge < -0.3 is 24.8 Å². The average Bonchev–Trinajstić information content (AvgIpc) is 3.01. The van der Waals surface area contributed by atoms with Crippen molar-refractivity contribution in [1.82, 2.24) is 15.4 Å². The third-order valence-corrected chi connectivity index (χ3v) is 6.18. The Morgan fingerprint density at radius 1 is 1.27 bits per heavy atom. The molecule has 3 amide bonds. The lowest BCUT2D eigenvalue weighted by Gasteiger charge is -2.34. The second-order valence-electron chi connectivity index (χ2n) is 9.73. The molecule has 0 aromatic carbocycles. The molecule has 2 N–H and O–H groups in total. The normalized spacial score (nSPS) is 34.4. The Balaban J connectivity index is 1.48. The minimum absolute atomic E-state index is 0.0196. The van der Waals surface area contributed by atoms with Gasteiger partial charge in [-0.15, -0.1) is 0 Å². The highest BCUT2D eigenvalue weighted by molar-refractivity contribution is 6.02. The first kappa shape index (κ1) is 19.3. The summed E-state index contributed by atoms with van der Waals surface area (Å²) in [6.07, 6.45) is 4.78. The monoisotopic (exact) mass is 414 g/mol. The molecule has 4 aliphatic rings. The third-order valence-electron chi connectivity index (χ3n) is 6.18. The number of carbonyl (C=O) groups is 3. The molecule has 9 heteroatoms. The van der Waals surface area contributed by atoms with Crippen LogP contribution in [0.4, 0.5) is 5.82 Å². The second-order valence-corrected chi connectivity index (χ2v) is 9.73. The van der Waals surface area contributed by atoms with Gasteiger partial charge in [-0.3, -0.25) is 14.4 Å². The molecule has 0 unspecified atom stereocenters. The summed E-state index contributed by atoms with van der Waals surface area (Å²) >= 11 is 0. The van der Waals surface area contributed by atoms with Gasteiger partial charge in [0.25, 0.3) is 0 Å². The van der Waals surface area contributed by atoms with E-state index in [9.17, 15) is 14.4 Å². The molecule has 3 aliphatic heterocycles. The summed E-state index contributed by atoms with van der Waals surface area (Å²) < 4.78 is 11.3. The van der Waals surface area contributed by atoms with Gasteiger partial charge in [-0.05, 0) is 40.5 Å². The van der Waals surface area contributed by atoms with Crippen LogP contribution in [0.5, 0.6) is 0 Å². The van der Waals surface area contributed by atoms with Crippen LogP contribution in [0.1, 0.15) is 39.4 Å². The summed E-state index contributed by atoms with van der Waals surface area (Å²) in [5.41, 5.74) is -1.58. The molecule has 4 heterocycles. The summed E-state index contributed by atoms with van der Waals surface area (Å²) in [5, 5.41) is 9.54. The zero-order valence-electron chi connectivity index (χ0n) is 17.5. The highest BCUT2D eigenvalue weighted by Crippen LogP contribution is 2.57. The van der Waals surface area contributed by atoms with E-state index in [2.05, 4.69) is 15.8 Å². The molecule has 3 fully saturated rings. The van der Waals surface area contributed by atoms with Crippen LogP contribution in [0.15, 0.2) is 22.7 Å². The molecule has 1 spiro atoms. The zero-order chi connectivity index (χ0) is 21.4. The van der Waals surface area contributed by atoms with Gasteiger partial charge in [0.2, 0.25) is 17.7 Å². The molecule has 2 bridgehead atoms. The third kappa shape index (κ3) is 2.79. The fourth-order valence-electron chi connectivity index (χ4n) is 5.03. The summed E-state index contributed by atoms with van der Waals surface area (Å²) in [5.74, 6) is -1.39. The van der Waals surface area contributed by atoms with Crippen molar-refractivity contribution in [3.05, 3.63) is 24.0 Å². The molecule has 9 nitrogen and oxygen atoms in total. The van der Waals surface area contributed by atoms with Gasteiger partial charge in [-0.25, -0.2) is 0 Å². The van der Waals surface area contributed by atoms with E-state index < -0.39 is 35.1 Å². The van der Waals surface area contributed by atoms with Crippen LogP contribution >= 0.6 is 0 Å². The highest BCUT2D eigenvalue weighted by atomic mass is 16.5. The lowest BCUT2D eigenvalue weighted by Crippen LogP contribution is -2.58. The predicted molar refractivity (Wildman–Crippen MR) is 105 cm³/mol. The quantitative estimate of drug-likeness (QED) is 0.715. The predicted octanol–water partition coefficient (Wildman–Crippen LogP) is 1.15. The molecule has 1 aromatic heterocycles. The van der Waals surface area contributed by atoms with Gasteiger partial charge >= 0.3 is 0 Å². The number of likely N-dealkylation sites (tertiary alicyclic amines) is 1. The molecule has 160 valence electrons. The van der Waals surface area contributed by atoms with Crippen LogP contribution < -0.4 is 10.6 Å². The molecule has 1 aliphatic carbocycles. The van der Waals surface area contributed by atoms with Gasteiger partial charge in [-0.2, -0.15) is 0 Å². The molecular formula is C21H26N4O5. The Labute approximate surface area is 174 Å². The minimum Gasteiger partial charge on any atom is -0.360 e. The van der Waals surface area contributed by atoms with Gasteiger partial charge in [0.05, 0.1) is 17.9 Å². The lowest BCUT2D eigenvalue weighted by atomic mass is 9.74. The van der Waals surface area contributed by atoms with E-state index in [1.165, 1.54) is 0 Å². The van der Waals surface area contributed by atoms with Gasteiger partial charge in [0.1, 0.15) is 17.4 Å². The van der Waals surface area contributed by atoms with Crippen molar-refractivity contribution in [3.8, 4) is 0 Å². The molecule has 2 saturated heterocycles. The number of anilines is 1. The van der Waals surface area contributed by atoms with E-state index in [-0.39, 0.29) is 23.8 Å². The molecule has 30 heavy (non-hydrogen) atoms. The smallest absolute Gasteiger partial charge is 0.246 e. The van der Waals surface area contributed by atoms with E-state index in [0.717, 1.165) is 12.8 Å². The summed E-state index contributed by atoms with van der Waals surface area (Å²) in [7, 11) is 0. The largest absolute Gasteiger partial charge is 0.360 e. The van der Waals surface area contributed by atoms with Crippen molar-refractivity contribution >= 4 is 23.5 Å². The average molecular weight is 414 g/mol. The highest BCUT2D eigenvalue weighted by Gasteiger charge is 2.74. The summed E-state index contributed by atoms with van der Waals surface area (Å²) in [6.45, 7) is 7.43. The topological polar surface area (TPSA) is 114 Å². The molecule has 5 rings (SSSR count). The number of amides is 3. The van der Waals surface area contributed by atoms with Gasteiger partial charge in [0, 0.05) is 17.6 Å². The molecule has 0 radical (unpaired) electrons. The minimum atomic E-state index is -1.12. The number of carbonyl (C=O) groups excluding carboxylic acids is 3. The number of hydrogen-bond donors (Lipinski definition) is 2. The Kier molecular flexibility index (Phi) is 3.96. The van der Waals surface area contributed by atoms with Gasteiger partial charge in [0.15, 0.2) is 5.82 Å². The Morgan fingerprint density at radius 2 is 2.00 bits per heavy atom. The SMILES string of the molecule is Cc1cc(NC(=O)[C@H]2[C@H]3C(=O)N(C4CC4)[C@H](C(=O)NC(C)(C)C)[C@]34C=C[C@H]2O4)no1. The first-order valence-electron chi connectivity index (χ1n) is 10.4. The zero-order valence-corrected chi connectivity index (χ0v) is 17.5. The van der Waals surface area contributed by atoms with E-state index in [0.29, 0.717) is 11.6 Å². The van der Waals surface area contributed by atoms with Crippen LogP contribution in [0.25, 0.3) is 0 Å². The van der Waals surface area contributed by atoms with Crippen molar-refractivity contribution in [2.45, 2.75) is 69.9 Å². The van der Waals surface area contributed by atoms with E-state index in [4.69, 9.17) is 9.26 Å². The maximum atomic E-state index is 13.5. The van der Waals surface area contributed by atoms with Crippen LogP contribution in [0.3, 0.4) is 0 Å². The Bertz CT molecular complexity index is 959. The van der Waals surface area contributed by atoms with E-state index in [1.807, 2.05) is 26.8 Å². The van der Waals surface area contributed by atoms with Crippen LogP contribution in [0.2, 0.25) is 0 Å². The Hall–Kier alpha value is -2.68. The van der Waals surface area contributed by atoms with Gasteiger partial charge in [-0.1, -0.05) is 17.3 Å². The van der Waals surface area contributed by atoms with E-state index >= 15 is 0 Å². The standard InChI is InChI=1S/C21H26N4O5/c1-10-9-13(24-30-10)22-17(26)14-12-7-8-21(29-12)15(14)19(28)25(11-5-6-11)16(21)18(27)23-20(2,3)4/h7-9,11-12,14-16H,5-6H2,1-4H3,(H,23,27)(H,22,24,26)/t12-,14-,15+,16-,21+/m1/s1. The first-order valence-corrected chi connectivity index (χ1v) is 10.4. The molecule has 1 saturated carbocycles. The van der Waals surface area contributed by atoms with Crippen molar-refractivity contribution in [1.29, 1.82) is 0 Å².